The first kappa shape index (κ1) is 22.0. The lowest BCUT2D eigenvalue weighted by Gasteiger charge is -2.07. The van der Waals surface area contributed by atoms with Crippen molar-refractivity contribution in [1.82, 2.24) is 19.9 Å². The van der Waals surface area contributed by atoms with Crippen LogP contribution in [0.3, 0.4) is 0 Å². The summed E-state index contributed by atoms with van der Waals surface area (Å²) in [6.07, 6.45) is 3.80. The highest BCUT2D eigenvalue weighted by Crippen LogP contribution is 2.41. The van der Waals surface area contributed by atoms with Gasteiger partial charge in [-0.05, 0) is 60.9 Å². The number of pyridine rings is 1. The highest BCUT2D eigenvalue weighted by Gasteiger charge is 2.29. The van der Waals surface area contributed by atoms with E-state index in [1.807, 2.05) is 36.4 Å². The molecule has 0 unspecified atom stereocenters. The zero-order chi connectivity index (χ0) is 24.6. The molecule has 2 aromatic carbocycles. The molecular formula is C27H22FN5O3. The van der Waals surface area contributed by atoms with Crippen LogP contribution in [0.2, 0.25) is 0 Å². The Morgan fingerprint density at radius 2 is 2.00 bits per heavy atom. The zero-order valence-electron chi connectivity index (χ0n) is 19.4. The number of carbonyl (C=O) groups excluding carboxylic acids is 1. The fourth-order valence-electron chi connectivity index (χ4n) is 4.21. The Morgan fingerprint density at radius 1 is 1.17 bits per heavy atom. The quantitative estimate of drug-likeness (QED) is 0.333. The van der Waals surface area contributed by atoms with Crippen LogP contribution in [-0.4, -0.2) is 32.9 Å². The Morgan fingerprint density at radius 3 is 2.75 bits per heavy atom. The molecule has 1 aliphatic rings. The van der Waals surface area contributed by atoms with Gasteiger partial charge < -0.3 is 14.6 Å². The second-order valence-electron chi connectivity index (χ2n) is 8.79. The van der Waals surface area contributed by atoms with E-state index < -0.39 is 0 Å². The second-order valence-corrected chi connectivity index (χ2v) is 8.79. The van der Waals surface area contributed by atoms with E-state index in [1.165, 1.54) is 12.1 Å². The molecule has 36 heavy (non-hydrogen) atoms. The SMILES string of the molecule is COc1ccc(-c2noc3nc(C4CC4)cc(C(=O)Nc4ccn(Cc5cccc(F)c5)n4)c23)cc1. The minimum Gasteiger partial charge on any atom is -0.497 e. The molecule has 0 spiro atoms. The molecule has 6 rings (SSSR count). The maximum atomic E-state index is 13.5. The summed E-state index contributed by atoms with van der Waals surface area (Å²) in [5.74, 6) is 0.784. The normalized spacial score (nSPS) is 13.2. The summed E-state index contributed by atoms with van der Waals surface area (Å²) >= 11 is 0. The van der Waals surface area contributed by atoms with E-state index in [2.05, 4.69) is 20.6 Å². The Hall–Kier alpha value is -4.53. The molecular weight excluding hydrogens is 461 g/mol. The summed E-state index contributed by atoms with van der Waals surface area (Å²) in [5.41, 5.74) is 3.66. The van der Waals surface area contributed by atoms with Gasteiger partial charge in [-0.1, -0.05) is 17.3 Å². The molecule has 0 bridgehead atoms. The summed E-state index contributed by atoms with van der Waals surface area (Å²) in [6.45, 7) is 0.381. The van der Waals surface area contributed by atoms with Gasteiger partial charge in [0.15, 0.2) is 5.82 Å². The van der Waals surface area contributed by atoms with Crippen molar-refractivity contribution >= 4 is 22.8 Å². The first-order valence-corrected chi connectivity index (χ1v) is 11.6. The number of hydrogen-bond acceptors (Lipinski definition) is 6. The first-order chi connectivity index (χ1) is 17.6. The lowest BCUT2D eigenvalue weighted by Crippen LogP contribution is -2.14. The lowest BCUT2D eigenvalue weighted by atomic mass is 10.0. The molecule has 1 saturated carbocycles. The van der Waals surface area contributed by atoms with Crippen molar-refractivity contribution in [1.29, 1.82) is 0 Å². The van der Waals surface area contributed by atoms with Gasteiger partial charge >= 0.3 is 0 Å². The molecule has 9 heteroatoms. The first-order valence-electron chi connectivity index (χ1n) is 11.6. The number of methoxy groups -OCH3 is 1. The van der Waals surface area contributed by atoms with Gasteiger partial charge in [0.05, 0.1) is 24.6 Å². The van der Waals surface area contributed by atoms with E-state index in [0.717, 1.165) is 29.7 Å². The van der Waals surface area contributed by atoms with Crippen molar-refractivity contribution in [3.05, 3.63) is 89.5 Å². The molecule has 3 aromatic heterocycles. The van der Waals surface area contributed by atoms with Crippen molar-refractivity contribution in [3.63, 3.8) is 0 Å². The highest BCUT2D eigenvalue weighted by atomic mass is 19.1. The summed E-state index contributed by atoms with van der Waals surface area (Å²) < 4.78 is 26.0. The van der Waals surface area contributed by atoms with Crippen LogP contribution in [0.4, 0.5) is 10.2 Å². The standard InChI is InChI=1S/C27H22FN5O3/c1-35-20-9-7-18(8-10-20)25-24-21(14-22(17-5-6-17)29-27(24)36-32-25)26(34)30-23-11-12-33(31-23)15-16-3-2-4-19(28)13-16/h2-4,7-14,17H,5-6,15H2,1H3,(H,30,31,34). The second kappa shape index (κ2) is 8.92. The van der Waals surface area contributed by atoms with E-state index >= 15 is 0 Å². The third-order valence-electron chi connectivity index (χ3n) is 6.19. The molecule has 1 amide bonds. The highest BCUT2D eigenvalue weighted by molar-refractivity contribution is 6.14. The van der Waals surface area contributed by atoms with Gasteiger partial charge in [-0.25, -0.2) is 9.37 Å². The molecule has 180 valence electrons. The molecule has 0 atom stereocenters. The molecule has 0 saturated heterocycles. The van der Waals surface area contributed by atoms with Gasteiger partial charge in [0.2, 0.25) is 0 Å². The number of hydrogen-bond donors (Lipinski definition) is 1. The smallest absolute Gasteiger partial charge is 0.259 e. The van der Waals surface area contributed by atoms with Crippen molar-refractivity contribution < 1.29 is 18.4 Å². The number of nitrogens with zero attached hydrogens (tertiary/aromatic N) is 4. The van der Waals surface area contributed by atoms with Gasteiger partial charge in [0.25, 0.3) is 11.6 Å². The van der Waals surface area contributed by atoms with Crippen LogP contribution in [0.5, 0.6) is 5.75 Å². The van der Waals surface area contributed by atoms with Crippen LogP contribution in [0.1, 0.15) is 40.4 Å². The maximum Gasteiger partial charge on any atom is 0.259 e. The molecule has 5 aromatic rings. The molecule has 8 nitrogen and oxygen atoms in total. The van der Waals surface area contributed by atoms with Crippen molar-refractivity contribution in [2.24, 2.45) is 0 Å². The summed E-state index contributed by atoms with van der Waals surface area (Å²) in [6, 6.07) is 17.2. The fraction of sp³-hybridized carbons (Fsp3) is 0.185. The largest absolute Gasteiger partial charge is 0.497 e. The summed E-state index contributed by atoms with van der Waals surface area (Å²) in [7, 11) is 1.60. The maximum absolute atomic E-state index is 13.5. The van der Waals surface area contributed by atoms with Crippen LogP contribution in [0, 0.1) is 5.82 Å². The van der Waals surface area contributed by atoms with Crippen molar-refractivity contribution in [3.8, 4) is 17.0 Å². The molecule has 1 aliphatic carbocycles. The lowest BCUT2D eigenvalue weighted by molar-refractivity contribution is 0.102. The number of amides is 1. The van der Waals surface area contributed by atoms with Gasteiger partial charge in [-0.3, -0.25) is 9.48 Å². The topological polar surface area (TPSA) is 95.1 Å². The number of nitrogens with one attached hydrogen (secondary N) is 1. The fourth-order valence-corrected chi connectivity index (χ4v) is 4.21. The Kier molecular flexibility index (Phi) is 5.44. The third-order valence-corrected chi connectivity index (χ3v) is 6.19. The molecule has 0 radical (unpaired) electrons. The van der Waals surface area contributed by atoms with E-state index in [1.54, 1.807) is 30.1 Å². The predicted octanol–water partition coefficient (Wildman–Crippen LogP) is 5.41. The number of benzene rings is 2. The average molecular weight is 484 g/mol. The van der Waals surface area contributed by atoms with Crippen LogP contribution in [-0.2, 0) is 6.54 Å². The number of carbonyl (C=O) groups is 1. The average Bonchev–Trinajstić information content (AvgIpc) is 3.51. The third kappa shape index (κ3) is 4.31. The molecule has 0 aliphatic heterocycles. The Labute approximate surface area is 205 Å². The molecule has 1 N–H and O–H groups in total. The minimum atomic E-state index is -0.335. The van der Waals surface area contributed by atoms with E-state index in [0.29, 0.717) is 46.4 Å². The predicted molar refractivity (Wildman–Crippen MR) is 131 cm³/mol. The van der Waals surface area contributed by atoms with Crippen LogP contribution < -0.4 is 10.1 Å². The van der Waals surface area contributed by atoms with Gasteiger partial charge in [0.1, 0.15) is 17.3 Å². The number of fused-ring (bicyclic) bond motifs is 1. The monoisotopic (exact) mass is 483 g/mol. The van der Waals surface area contributed by atoms with E-state index in [9.17, 15) is 9.18 Å². The van der Waals surface area contributed by atoms with Gasteiger partial charge in [0, 0.05) is 29.4 Å². The van der Waals surface area contributed by atoms with Crippen molar-refractivity contribution in [2.45, 2.75) is 25.3 Å². The van der Waals surface area contributed by atoms with Crippen LogP contribution in [0.15, 0.2) is 71.4 Å². The van der Waals surface area contributed by atoms with E-state index in [-0.39, 0.29) is 11.7 Å². The Balaban J connectivity index is 1.33. The zero-order valence-corrected chi connectivity index (χ0v) is 19.4. The molecule has 1 fully saturated rings. The number of ether oxygens (including phenoxy) is 1. The van der Waals surface area contributed by atoms with Crippen LogP contribution in [0.25, 0.3) is 22.4 Å². The number of aromatic nitrogens is 4. The molecule has 3 heterocycles. The number of halogens is 1. The van der Waals surface area contributed by atoms with Crippen LogP contribution >= 0.6 is 0 Å². The summed E-state index contributed by atoms with van der Waals surface area (Å²) in [5, 5.41) is 12.1. The van der Waals surface area contributed by atoms with Crippen molar-refractivity contribution in [2.75, 3.05) is 12.4 Å². The van der Waals surface area contributed by atoms with Gasteiger partial charge in [-0.15, -0.1) is 0 Å². The summed E-state index contributed by atoms with van der Waals surface area (Å²) in [4.78, 5) is 18.1. The number of rotatable bonds is 7. The van der Waals surface area contributed by atoms with E-state index in [4.69, 9.17) is 9.26 Å². The number of anilines is 1. The Bertz CT molecular complexity index is 1570. The van der Waals surface area contributed by atoms with Gasteiger partial charge in [-0.2, -0.15) is 5.10 Å². The minimum absolute atomic E-state index is 0.303.